The second-order valence-electron chi connectivity index (χ2n) is 3.04. The minimum Gasteiger partial charge on any atom is -0.248 e. The molecule has 0 amide bonds. The molecule has 0 atom stereocenters. The van der Waals surface area contributed by atoms with Gasteiger partial charge in [-0.3, -0.25) is 0 Å². The summed E-state index contributed by atoms with van der Waals surface area (Å²) >= 11 is 5.86. The van der Waals surface area contributed by atoms with Crippen LogP contribution >= 0.6 is 11.6 Å². The highest BCUT2D eigenvalue weighted by molar-refractivity contribution is 6.30. The summed E-state index contributed by atoms with van der Waals surface area (Å²) in [6.45, 7) is 4.35. The van der Waals surface area contributed by atoms with Crippen LogP contribution in [0.25, 0.3) is 0 Å². The van der Waals surface area contributed by atoms with E-state index in [2.05, 4.69) is 17.2 Å². The second-order valence-corrected chi connectivity index (χ2v) is 3.47. The molecule has 0 fully saturated rings. The minimum absolute atomic E-state index is 0.670. The van der Waals surface area contributed by atoms with Crippen LogP contribution in [0.3, 0.4) is 0 Å². The molecule has 1 aromatic heterocycles. The van der Waals surface area contributed by atoms with Crippen molar-refractivity contribution in [3.8, 4) is 0 Å². The molecular weight excluding hydrogens is 198 g/mol. The highest BCUT2D eigenvalue weighted by atomic mass is 35.5. The monoisotopic (exact) mass is 206 g/mol. The first-order chi connectivity index (χ1) is 6.74. The number of hydrogen-bond acceptors (Lipinski definition) is 2. The SMILES string of the molecule is [CH2]c1cn(Cc2cccc(Cl)c2)nn1. The number of nitrogens with zero attached hydrogens (tertiary/aromatic N) is 3. The fraction of sp³-hybridized carbons (Fsp3) is 0.100. The van der Waals surface area contributed by atoms with Gasteiger partial charge in [-0.25, -0.2) is 4.68 Å². The van der Waals surface area contributed by atoms with E-state index < -0.39 is 0 Å². The molecule has 0 aliphatic heterocycles. The van der Waals surface area contributed by atoms with Gasteiger partial charge in [0.05, 0.1) is 12.2 Å². The lowest BCUT2D eigenvalue weighted by atomic mass is 10.2. The molecule has 3 nitrogen and oxygen atoms in total. The molecule has 71 valence electrons. The van der Waals surface area contributed by atoms with Crippen molar-refractivity contribution in [2.24, 2.45) is 0 Å². The average Bonchev–Trinajstić information content (AvgIpc) is 2.51. The minimum atomic E-state index is 0.670. The van der Waals surface area contributed by atoms with Crippen LogP contribution in [0.5, 0.6) is 0 Å². The maximum Gasteiger partial charge on any atom is 0.0831 e. The molecule has 0 saturated heterocycles. The van der Waals surface area contributed by atoms with Crippen molar-refractivity contribution in [1.82, 2.24) is 15.0 Å². The van der Waals surface area contributed by atoms with Crippen LogP contribution in [-0.4, -0.2) is 15.0 Å². The number of hydrogen-bond donors (Lipinski definition) is 0. The lowest BCUT2D eigenvalue weighted by Gasteiger charge is -2.00. The number of rotatable bonds is 2. The Bertz CT molecular complexity index is 436. The predicted octanol–water partition coefficient (Wildman–Crippen LogP) is 2.16. The summed E-state index contributed by atoms with van der Waals surface area (Å²) in [5, 5.41) is 8.44. The largest absolute Gasteiger partial charge is 0.248 e. The molecule has 0 aliphatic carbocycles. The molecule has 2 aromatic rings. The highest BCUT2D eigenvalue weighted by Crippen LogP contribution is 2.11. The Hall–Kier alpha value is -1.35. The molecule has 2 rings (SSSR count). The lowest BCUT2D eigenvalue weighted by Crippen LogP contribution is -2.00. The maximum atomic E-state index is 5.86. The Morgan fingerprint density at radius 3 is 2.93 bits per heavy atom. The van der Waals surface area contributed by atoms with Gasteiger partial charge in [-0.1, -0.05) is 28.9 Å². The predicted molar refractivity (Wildman–Crippen MR) is 55.0 cm³/mol. The van der Waals surface area contributed by atoms with Gasteiger partial charge in [-0.2, -0.15) is 0 Å². The van der Waals surface area contributed by atoms with E-state index in [0.29, 0.717) is 12.2 Å². The number of aromatic nitrogens is 3. The van der Waals surface area contributed by atoms with Gasteiger partial charge in [0.2, 0.25) is 0 Å². The third-order valence-corrected chi connectivity index (χ3v) is 2.05. The van der Waals surface area contributed by atoms with Crippen molar-refractivity contribution in [3.63, 3.8) is 0 Å². The van der Waals surface area contributed by atoms with Crippen LogP contribution in [0.15, 0.2) is 30.5 Å². The van der Waals surface area contributed by atoms with Gasteiger partial charge in [0.15, 0.2) is 0 Å². The molecule has 0 spiro atoms. The van der Waals surface area contributed by atoms with Gasteiger partial charge >= 0.3 is 0 Å². The summed E-state index contributed by atoms with van der Waals surface area (Å²) in [5.41, 5.74) is 1.77. The standard InChI is InChI=1S/C10H9ClN3/c1-8-6-14(13-12-8)7-9-3-2-4-10(11)5-9/h2-6H,1,7H2. The molecule has 0 aliphatic rings. The third kappa shape index (κ3) is 2.12. The number of halogens is 1. The molecule has 1 aromatic carbocycles. The summed E-state index contributed by atoms with van der Waals surface area (Å²) in [5.74, 6) is 0. The van der Waals surface area contributed by atoms with Crippen molar-refractivity contribution in [3.05, 3.63) is 53.7 Å². The van der Waals surface area contributed by atoms with Crippen molar-refractivity contribution in [2.45, 2.75) is 6.54 Å². The Labute approximate surface area is 87.3 Å². The average molecular weight is 207 g/mol. The normalized spacial score (nSPS) is 10.4. The second kappa shape index (κ2) is 3.80. The van der Waals surface area contributed by atoms with Gasteiger partial charge in [-0.05, 0) is 24.6 Å². The van der Waals surface area contributed by atoms with Gasteiger partial charge in [0, 0.05) is 11.2 Å². The maximum absolute atomic E-state index is 5.86. The third-order valence-electron chi connectivity index (χ3n) is 1.82. The van der Waals surface area contributed by atoms with Crippen LogP contribution in [0.2, 0.25) is 5.02 Å². The summed E-state index contributed by atoms with van der Waals surface area (Å²) in [4.78, 5) is 0. The molecule has 0 unspecified atom stereocenters. The van der Waals surface area contributed by atoms with E-state index in [1.165, 1.54) is 0 Å². The first-order valence-electron chi connectivity index (χ1n) is 4.20. The molecule has 1 radical (unpaired) electrons. The molecular formula is C10H9ClN3. The smallest absolute Gasteiger partial charge is 0.0831 e. The van der Waals surface area contributed by atoms with E-state index in [9.17, 15) is 0 Å². The van der Waals surface area contributed by atoms with E-state index in [1.807, 2.05) is 24.3 Å². The summed E-state index contributed by atoms with van der Waals surface area (Å²) in [6, 6.07) is 7.67. The van der Waals surface area contributed by atoms with Crippen molar-refractivity contribution >= 4 is 11.6 Å². The quantitative estimate of drug-likeness (QED) is 0.754. The van der Waals surface area contributed by atoms with Crippen molar-refractivity contribution in [2.75, 3.05) is 0 Å². The van der Waals surface area contributed by atoms with E-state index in [-0.39, 0.29) is 0 Å². The van der Waals surface area contributed by atoms with E-state index in [0.717, 1.165) is 10.6 Å². The topological polar surface area (TPSA) is 30.7 Å². The Morgan fingerprint density at radius 2 is 2.29 bits per heavy atom. The Balaban J connectivity index is 2.18. The van der Waals surface area contributed by atoms with Crippen LogP contribution < -0.4 is 0 Å². The summed E-state index contributed by atoms with van der Waals surface area (Å²) < 4.78 is 1.73. The summed E-state index contributed by atoms with van der Waals surface area (Å²) in [6.07, 6.45) is 1.79. The van der Waals surface area contributed by atoms with Crippen molar-refractivity contribution < 1.29 is 0 Å². The van der Waals surface area contributed by atoms with Gasteiger partial charge in [0.25, 0.3) is 0 Å². The van der Waals surface area contributed by atoms with Crippen LogP contribution in [-0.2, 0) is 6.54 Å². The fourth-order valence-corrected chi connectivity index (χ4v) is 1.45. The van der Waals surface area contributed by atoms with Gasteiger partial charge in [-0.15, -0.1) is 5.10 Å². The van der Waals surface area contributed by atoms with Crippen LogP contribution in [0.1, 0.15) is 11.3 Å². The fourth-order valence-electron chi connectivity index (χ4n) is 1.24. The highest BCUT2D eigenvalue weighted by Gasteiger charge is 1.98. The van der Waals surface area contributed by atoms with Gasteiger partial charge in [0.1, 0.15) is 0 Å². The van der Waals surface area contributed by atoms with Crippen molar-refractivity contribution in [1.29, 1.82) is 0 Å². The van der Waals surface area contributed by atoms with E-state index >= 15 is 0 Å². The van der Waals surface area contributed by atoms with Gasteiger partial charge < -0.3 is 0 Å². The molecule has 14 heavy (non-hydrogen) atoms. The molecule has 1 heterocycles. The van der Waals surface area contributed by atoms with E-state index in [1.54, 1.807) is 10.9 Å². The zero-order valence-electron chi connectivity index (χ0n) is 7.52. The molecule has 0 bridgehead atoms. The summed E-state index contributed by atoms with van der Waals surface area (Å²) in [7, 11) is 0. The van der Waals surface area contributed by atoms with E-state index in [4.69, 9.17) is 11.6 Å². The number of benzene rings is 1. The lowest BCUT2D eigenvalue weighted by molar-refractivity contribution is 0.649. The first kappa shape index (κ1) is 9.21. The zero-order chi connectivity index (χ0) is 9.97. The molecule has 0 N–H and O–H groups in total. The first-order valence-corrected chi connectivity index (χ1v) is 4.58. The Kier molecular flexibility index (Phi) is 2.50. The van der Waals surface area contributed by atoms with Crippen LogP contribution in [0, 0.1) is 6.92 Å². The zero-order valence-corrected chi connectivity index (χ0v) is 8.28. The molecule has 0 saturated carbocycles. The molecule has 4 heteroatoms. The Morgan fingerprint density at radius 1 is 1.43 bits per heavy atom. The van der Waals surface area contributed by atoms with Crippen LogP contribution in [0.4, 0.5) is 0 Å².